The highest BCUT2D eigenvalue weighted by Crippen LogP contribution is 2.38. The van der Waals surface area contributed by atoms with Gasteiger partial charge in [-0.05, 0) is 47.8 Å². The van der Waals surface area contributed by atoms with Gasteiger partial charge in [-0.2, -0.15) is 15.2 Å². The van der Waals surface area contributed by atoms with Crippen molar-refractivity contribution in [3.63, 3.8) is 0 Å². The van der Waals surface area contributed by atoms with Crippen LogP contribution in [0, 0.1) is 0 Å². The van der Waals surface area contributed by atoms with Crippen LogP contribution in [-0.4, -0.2) is 36.2 Å². The lowest BCUT2D eigenvalue weighted by atomic mass is 10.1. The molecule has 0 saturated heterocycles. The van der Waals surface area contributed by atoms with Gasteiger partial charge in [-0.1, -0.05) is 18.2 Å². The fraction of sp³-hybridized carbons (Fsp3) is 0.278. The van der Waals surface area contributed by atoms with Crippen LogP contribution >= 0.6 is 7.60 Å². The van der Waals surface area contributed by atoms with Crippen molar-refractivity contribution in [3.05, 3.63) is 60.2 Å². The van der Waals surface area contributed by atoms with Crippen molar-refractivity contribution in [1.29, 1.82) is 0 Å². The average molecular weight is 409 g/mol. The summed E-state index contributed by atoms with van der Waals surface area (Å²) in [6.45, 7) is 1.90. The molecule has 0 heterocycles. The van der Waals surface area contributed by atoms with Gasteiger partial charge in [0.05, 0.1) is 23.5 Å². The largest absolute Gasteiger partial charge is 0.344 e. The number of carbonyl (C=O) groups excluding carboxylic acids is 1. The molecule has 0 fully saturated rings. The van der Waals surface area contributed by atoms with E-state index in [1.54, 1.807) is 12.1 Å². The van der Waals surface area contributed by atoms with Crippen molar-refractivity contribution in [1.82, 2.24) is 5.32 Å². The summed E-state index contributed by atoms with van der Waals surface area (Å²) in [5.74, 6) is -0.520. The summed E-state index contributed by atoms with van der Waals surface area (Å²) in [5.41, 5.74) is 1.54. The SMILES string of the molecule is CC(OP(C)(=O)O)C(COF)NC(=O)c1ccc(N=Nc2ccccc2)cc1. The second kappa shape index (κ2) is 10.2. The maximum atomic E-state index is 12.4. The summed E-state index contributed by atoms with van der Waals surface area (Å²) in [5, 5.41) is 10.7. The van der Waals surface area contributed by atoms with Gasteiger partial charge in [0.1, 0.15) is 6.61 Å². The molecule has 1 amide bonds. The number of benzene rings is 2. The molecule has 0 radical (unpaired) electrons. The fourth-order valence-corrected chi connectivity index (χ4v) is 3.05. The number of azo groups is 1. The van der Waals surface area contributed by atoms with Crippen molar-refractivity contribution in [2.75, 3.05) is 13.3 Å². The molecule has 150 valence electrons. The zero-order valence-electron chi connectivity index (χ0n) is 15.4. The Labute approximate surface area is 161 Å². The third-order valence-corrected chi connectivity index (χ3v) is 4.38. The molecule has 0 saturated carbocycles. The Morgan fingerprint density at radius 1 is 1.14 bits per heavy atom. The summed E-state index contributed by atoms with van der Waals surface area (Å²) in [4.78, 5) is 25.2. The number of rotatable bonds is 9. The smallest absolute Gasteiger partial charge is 0.325 e. The highest BCUT2D eigenvalue weighted by atomic mass is 31.2. The molecule has 8 nitrogen and oxygen atoms in total. The Morgan fingerprint density at radius 3 is 2.25 bits per heavy atom. The third kappa shape index (κ3) is 7.28. The lowest BCUT2D eigenvalue weighted by Crippen LogP contribution is -2.45. The Balaban J connectivity index is 2.02. The molecule has 2 rings (SSSR count). The van der Waals surface area contributed by atoms with Gasteiger partial charge in [0.15, 0.2) is 0 Å². The van der Waals surface area contributed by atoms with Gasteiger partial charge in [-0.25, -0.2) is 0 Å². The van der Waals surface area contributed by atoms with Gasteiger partial charge in [0, 0.05) is 12.2 Å². The van der Waals surface area contributed by atoms with E-state index in [-0.39, 0.29) is 0 Å². The minimum absolute atomic E-state index is 0.290. The number of halogens is 1. The van der Waals surface area contributed by atoms with E-state index in [1.807, 2.05) is 30.3 Å². The number of hydrogen-bond acceptors (Lipinski definition) is 6. The molecular weight excluding hydrogens is 388 g/mol. The number of nitrogens with one attached hydrogen (secondary N) is 1. The third-order valence-electron chi connectivity index (χ3n) is 3.65. The fourth-order valence-electron chi connectivity index (χ4n) is 2.29. The van der Waals surface area contributed by atoms with Gasteiger partial charge in [0.25, 0.3) is 5.91 Å². The van der Waals surface area contributed by atoms with Crippen LogP contribution in [0.25, 0.3) is 0 Å². The first kappa shape index (κ1) is 21.8. The lowest BCUT2D eigenvalue weighted by molar-refractivity contribution is -0.144. The van der Waals surface area contributed by atoms with E-state index < -0.39 is 32.3 Å². The summed E-state index contributed by atoms with van der Waals surface area (Å²) >= 11 is 0. The predicted octanol–water partition coefficient (Wildman–Crippen LogP) is 4.32. The van der Waals surface area contributed by atoms with E-state index in [0.717, 1.165) is 6.66 Å². The number of hydrogen-bond donors (Lipinski definition) is 2. The molecule has 0 spiro atoms. The zero-order valence-corrected chi connectivity index (χ0v) is 16.3. The highest BCUT2D eigenvalue weighted by Gasteiger charge is 2.26. The second-order valence-corrected chi connectivity index (χ2v) is 7.87. The minimum Gasteiger partial charge on any atom is -0.344 e. The summed E-state index contributed by atoms with van der Waals surface area (Å²) in [6, 6.07) is 14.5. The Morgan fingerprint density at radius 2 is 1.71 bits per heavy atom. The second-order valence-electron chi connectivity index (χ2n) is 6.05. The minimum atomic E-state index is -3.81. The van der Waals surface area contributed by atoms with Crippen LogP contribution in [0.3, 0.4) is 0 Å². The van der Waals surface area contributed by atoms with E-state index in [9.17, 15) is 18.8 Å². The molecule has 2 aromatic carbocycles. The van der Waals surface area contributed by atoms with E-state index in [1.165, 1.54) is 19.1 Å². The van der Waals surface area contributed by atoms with Crippen LogP contribution in [0.2, 0.25) is 0 Å². The van der Waals surface area contributed by atoms with E-state index in [4.69, 9.17) is 4.52 Å². The Bertz CT molecular complexity index is 842. The van der Waals surface area contributed by atoms with Crippen LogP contribution in [0.15, 0.2) is 64.8 Å². The van der Waals surface area contributed by atoms with Crippen LogP contribution < -0.4 is 5.32 Å². The summed E-state index contributed by atoms with van der Waals surface area (Å²) in [6.07, 6.45) is -0.945. The first-order valence-corrected chi connectivity index (χ1v) is 10.4. The normalized spacial score (nSPS) is 15.7. The molecule has 2 N–H and O–H groups in total. The maximum Gasteiger partial charge on any atom is 0.325 e. The van der Waals surface area contributed by atoms with Crippen molar-refractivity contribution in [2.24, 2.45) is 10.2 Å². The topological polar surface area (TPSA) is 110 Å². The van der Waals surface area contributed by atoms with Gasteiger partial charge < -0.3 is 14.7 Å². The van der Waals surface area contributed by atoms with Gasteiger partial charge in [0.2, 0.25) is 0 Å². The molecule has 10 heteroatoms. The summed E-state index contributed by atoms with van der Waals surface area (Å²) in [7, 11) is -3.81. The summed E-state index contributed by atoms with van der Waals surface area (Å²) < 4.78 is 28.6. The van der Waals surface area contributed by atoms with Crippen LogP contribution in [0.1, 0.15) is 17.3 Å². The predicted molar refractivity (Wildman–Crippen MR) is 102 cm³/mol. The highest BCUT2D eigenvalue weighted by molar-refractivity contribution is 7.51. The Kier molecular flexibility index (Phi) is 7.95. The molecule has 3 atom stereocenters. The van der Waals surface area contributed by atoms with Gasteiger partial charge >= 0.3 is 7.60 Å². The first-order chi connectivity index (χ1) is 13.3. The van der Waals surface area contributed by atoms with Crippen molar-refractivity contribution in [3.8, 4) is 0 Å². The molecule has 0 aliphatic rings. The van der Waals surface area contributed by atoms with E-state index in [0.29, 0.717) is 16.9 Å². The van der Waals surface area contributed by atoms with E-state index in [2.05, 4.69) is 20.5 Å². The Hall–Kier alpha value is -2.45. The number of nitrogens with zero attached hydrogens (tertiary/aromatic N) is 2. The molecular formula is C18H21FN3O5P. The first-order valence-electron chi connectivity index (χ1n) is 8.38. The lowest BCUT2D eigenvalue weighted by Gasteiger charge is -2.24. The van der Waals surface area contributed by atoms with Gasteiger partial charge in [-0.3, -0.25) is 9.36 Å². The van der Waals surface area contributed by atoms with Gasteiger partial charge in [-0.15, -0.1) is 0 Å². The quantitative estimate of drug-likeness (QED) is 0.473. The number of amides is 1. The maximum absolute atomic E-state index is 12.4. The monoisotopic (exact) mass is 409 g/mol. The van der Waals surface area contributed by atoms with Crippen molar-refractivity contribution >= 4 is 24.9 Å². The van der Waals surface area contributed by atoms with Crippen LogP contribution in [-0.2, 0) is 14.0 Å². The number of carbonyl (C=O) groups is 1. The van der Waals surface area contributed by atoms with E-state index >= 15 is 0 Å². The standard InChI is InChI=1S/C18H21FN3O5P/c1-13(27-28(2,24)25)17(12-26-19)20-18(23)14-8-10-16(11-9-14)22-21-15-6-4-3-5-7-15/h3-11,13,17H,12H2,1-2H3,(H,20,23)(H,24,25). The molecule has 0 aliphatic heterocycles. The molecule has 3 unspecified atom stereocenters. The van der Waals surface area contributed by atoms with Crippen LogP contribution in [0.5, 0.6) is 0 Å². The van der Waals surface area contributed by atoms with Crippen molar-refractivity contribution in [2.45, 2.75) is 19.1 Å². The molecule has 0 aliphatic carbocycles. The molecule has 0 bridgehead atoms. The molecule has 28 heavy (non-hydrogen) atoms. The van der Waals surface area contributed by atoms with Crippen molar-refractivity contribution < 1.29 is 28.2 Å². The zero-order chi connectivity index (χ0) is 20.6. The molecule has 0 aromatic heterocycles. The molecule has 2 aromatic rings. The average Bonchev–Trinajstić information content (AvgIpc) is 2.66. The van der Waals surface area contributed by atoms with Crippen LogP contribution in [0.4, 0.5) is 15.9 Å².